The predicted molar refractivity (Wildman–Crippen MR) is 66.9 cm³/mol. The van der Waals surface area contributed by atoms with Crippen LogP contribution in [0.3, 0.4) is 0 Å². The van der Waals surface area contributed by atoms with E-state index in [-0.39, 0.29) is 23.8 Å². The topological polar surface area (TPSA) is 67.2 Å². The van der Waals surface area contributed by atoms with E-state index in [1.54, 1.807) is 24.0 Å². The highest BCUT2D eigenvalue weighted by Gasteiger charge is 2.41. The van der Waals surface area contributed by atoms with Gasteiger partial charge in [0, 0.05) is 19.3 Å². The highest BCUT2D eigenvalue weighted by molar-refractivity contribution is 6.06. The molecular formula is C12H18N4O2. The molecule has 0 spiro atoms. The van der Waals surface area contributed by atoms with Gasteiger partial charge in [0.25, 0.3) is 5.91 Å². The van der Waals surface area contributed by atoms with E-state index in [9.17, 15) is 9.59 Å². The van der Waals surface area contributed by atoms with Crippen LogP contribution >= 0.6 is 0 Å². The van der Waals surface area contributed by atoms with Gasteiger partial charge in [0.05, 0.1) is 0 Å². The second kappa shape index (κ2) is 4.12. The second-order valence-electron chi connectivity index (χ2n) is 5.64. The average molecular weight is 250 g/mol. The summed E-state index contributed by atoms with van der Waals surface area (Å²) >= 11 is 0. The van der Waals surface area contributed by atoms with Crippen molar-refractivity contribution in [3.63, 3.8) is 0 Å². The van der Waals surface area contributed by atoms with Gasteiger partial charge in [-0.1, -0.05) is 20.8 Å². The molecule has 0 aromatic carbocycles. The fraction of sp³-hybridized carbons (Fsp3) is 0.583. The minimum Gasteiger partial charge on any atom is -0.342 e. The molecule has 1 aliphatic heterocycles. The molecule has 2 rings (SSSR count). The van der Waals surface area contributed by atoms with Crippen molar-refractivity contribution in [3.8, 4) is 0 Å². The Bertz CT molecular complexity index is 487. The van der Waals surface area contributed by atoms with E-state index in [0.29, 0.717) is 5.82 Å². The number of aryl methyl sites for hydroxylation is 1. The Kier molecular flexibility index (Phi) is 2.88. The highest BCUT2D eigenvalue weighted by Crippen LogP contribution is 2.25. The van der Waals surface area contributed by atoms with Gasteiger partial charge in [-0.3, -0.25) is 19.2 Å². The summed E-state index contributed by atoms with van der Waals surface area (Å²) in [6, 6.07) is 1.22. The minimum atomic E-state index is -0.513. The number of amides is 2. The standard InChI is InChI=1S/C12H18N4O2/c1-12(2,3)10-11(18)16(7-9(17)13-10)8-5-6-15(4)14-8/h5-6,10H,7H2,1-4H3,(H,13,17). The van der Waals surface area contributed by atoms with Crippen LogP contribution in [-0.2, 0) is 16.6 Å². The molecule has 0 aliphatic carbocycles. The molecule has 98 valence electrons. The zero-order valence-electron chi connectivity index (χ0n) is 11.1. The number of nitrogens with zero attached hydrogens (tertiary/aromatic N) is 3. The number of nitrogens with one attached hydrogen (secondary N) is 1. The summed E-state index contributed by atoms with van der Waals surface area (Å²) in [6.07, 6.45) is 1.75. The molecule has 1 aliphatic rings. The number of aromatic nitrogens is 2. The van der Waals surface area contributed by atoms with Crippen LogP contribution in [0.15, 0.2) is 12.3 Å². The number of hydrogen-bond donors (Lipinski definition) is 1. The summed E-state index contributed by atoms with van der Waals surface area (Å²) < 4.78 is 1.61. The van der Waals surface area contributed by atoms with Crippen molar-refractivity contribution < 1.29 is 9.59 Å². The van der Waals surface area contributed by atoms with Gasteiger partial charge in [-0.2, -0.15) is 5.10 Å². The number of rotatable bonds is 1. The third kappa shape index (κ3) is 2.23. The summed E-state index contributed by atoms with van der Waals surface area (Å²) in [5, 5.41) is 6.93. The Labute approximate surface area is 106 Å². The van der Waals surface area contributed by atoms with Crippen molar-refractivity contribution >= 4 is 17.6 Å². The van der Waals surface area contributed by atoms with Gasteiger partial charge in [0.1, 0.15) is 12.6 Å². The third-order valence-corrected chi connectivity index (χ3v) is 2.96. The van der Waals surface area contributed by atoms with Gasteiger partial charge in [-0.05, 0) is 5.41 Å². The summed E-state index contributed by atoms with van der Waals surface area (Å²) in [7, 11) is 1.78. The molecule has 18 heavy (non-hydrogen) atoms. The van der Waals surface area contributed by atoms with Gasteiger partial charge >= 0.3 is 0 Å². The zero-order chi connectivity index (χ0) is 13.5. The van der Waals surface area contributed by atoms with Crippen LogP contribution in [0.1, 0.15) is 20.8 Å². The molecule has 6 nitrogen and oxygen atoms in total. The first-order chi connectivity index (χ1) is 8.29. The van der Waals surface area contributed by atoms with Crippen molar-refractivity contribution in [1.82, 2.24) is 15.1 Å². The quantitative estimate of drug-likeness (QED) is 0.779. The Hall–Kier alpha value is -1.85. The number of anilines is 1. The molecule has 1 unspecified atom stereocenters. The van der Waals surface area contributed by atoms with Crippen LogP contribution in [-0.4, -0.2) is 34.2 Å². The van der Waals surface area contributed by atoms with E-state index in [1.807, 2.05) is 20.8 Å². The van der Waals surface area contributed by atoms with Crippen molar-refractivity contribution in [2.45, 2.75) is 26.8 Å². The highest BCUT2D eigenvalue weighted by atomic mass is 16.2. The first-order valence-corrected chi connectivity index (χ1v) is 5.89. The average Bonchev–Trinajstić information content (AvgIpc) is 2.66. The second-order valence-corrected chi connectivity index (χ2v) is 5.64. The predicted octanol–water partition coefficient (Wildman–Crippen LogP) is 0.298. The SMILES string of the molecule is Cn1ccc(N2CC(=O)NC(C(C)(C)C)C2=O)n1. The molecule has 1 fully saturated rings. The third-order valence-electron chi connectivity index (χ3n) is 2.96. The van der Waals surface area contributed by atoms with Crippen LogP contribution in [0.25, 0.3) is 0 Å². The van der Waals surface area contributed by atoms with E-state index in [4.69, 9.17) is 0 Å². The molecule has 6 heteroatoms. The molecule has 0 bridgehead atoms. The molecule has 1 saturated heterocycles. The van der Waals surface area contributed by atoms with E-state index in [1.165, 1.54) is 4.90 Å². The van der Waals surface area contributed by atoms with Crippen LogP contribution in [0.4, 0.5) is 5.82 Å². The zero-order valence-corrected chi connectivity index (χ0v) is 11.1. The molecule has 0 saturated carbocycles. The monoisotopic (exact) mass is 250 g/mol. The van der Waals surface area contributed by atoms with Crippen LogP contribution in [0.2, 0.25) is 0 Å². The number of piperazine rings is 1. The van der Waals surface area contributed by atoms with Crippen molar-refractivity contribution in [3.05, 3.63) is 12.3 Å². The Morgan fingerprint density at radius 3 is 2.56 bits per heavy atom. The molecule has 1 aromatic rings. The van der Waals surface area contributed by atoms with E-state index in [0.717, 1.165) is 0 Å². The van der Waals surface area contributed by atoms with Crippen molar-refractivity contribution in [2.24, 2.45) is 12.5 Å². The molecule has 2 heterocycles. The fourth-order valence-corrected chi connectivity index (χ4v) is 1.97. The lowest BCUT2D eigenvalue weighted by molar-refractivity contribution is -0.133. The minimum absolute atomic E-state index is 0.0302. The molecule has 1 aromatic heterocycles. The lowest BCUT2D eigenvalue weighted by Gasteiger charge is -2.37. The number of carbonyl (C=O) groups is 2. The van der Waals surface area contributed by atoms with E-state index in [2.05, 4.69) is 10.4 Å². The van der Waals surface area contributed by atoms with Gasteiger partial charge in [-0.15, -0.1) is 0 Å². The first-order valence-electron chi connectivity index (χ1n) is 5.89. The Morgan fingerprint density at radius 1 is 1.39 bits per heavy atom. The Balaban J connectivity index is 2.31. The number of carbonyl (C=O) groups excluding carboxylic acids is 2. The van der Waals surface area contributed by atoms with Crippen LogP contribution in [0, 0.1) is 5.41 Å². The number of hydrogen-bond acceptors (Lipinski definition) is 3. The molecular weight excluding hydrogens is 232 g/mol. The van der Waals surface area contributed by atoms with E-state index >= 15 is 0 Å². The lowest BCUT2D eigenvalue weighted by Crippen LogP contribution is -2.62. The largest absolute Gasteiger partial charge is 0.342 e. The first kappa shape index (κ1) is 12.6. The van der Waals surface area contributed by atoms with Gasteiger partial charge in [-0.25, -0.2) is 0 Å². The van der Waals surface area contributed by atoms with Crippen molar-refractivity contribution in [1.29, 1.82) is 0 Å². The molecule has 1 atom stereocenters. The summed E-state index contributed by atoms with van der Waals surface area (Å²) in [5.41, 5.74) is -0.319. The van der Waals surface area contributed by atoms with Crippen LogP contribution in [0.5, 0.6) is 0 Å². The summed E-state index contributed by atoms with van der Waals surface area (Å²) in [5.74, 6) is 0.257. The summed E-state index contributed by atoms with van der Waals surface area (Å²) in [4.78, 5) is 25.5. The maximum atomic E-state index is 12.4. The normalized spacial score (nSPS) is 21.1. The maximum Gasteiger partial charge on any atom is 0.251 e. The fourth-order valence-electron chi connectivity index (χ4n) is 1.97. The smallest absolute Gasteiger partial charge is 0.251 e. The Morgan fingerprint density at radius 2 is 2.06 bits per heavy atom. The van der Waals surface area contributed by atoms with E-state index < -0.39 is 6.04 Å². The van der Waals surface area contributed by atoms with Crippen molar-refractivity contribution in [2.75, 3.05) is 11.4 Å². The molecule has 0 radical (unpaired) electrons. The van der Waals surface area contributed by atoms with Crippen LogP contribution < -0.4 is 10.2 Å². The molecule has 2 amide bonds. The molecule has 1 N–H and O–H groups in total. The van der Waals surface area contributed by atoms with Gasteiger partial charge < -0.3 is 5.32 Å². The van der Waals surface area contributed by atoms with Gasteiger partial charge in [0.15, 0.2) is 5.82 Å². The van der Waals surface area contributed by atoms with Gasteiger partial charge in [0.2, 0.25) is 5.91 Å². The maximum absolute atomic E-state index is 12.4. The lowest BCUT2D eigenvalue weighted by atomic mass is 9.85. The summed E-state index contributed by atoms with van der Waals surface area (Å²) in [6.45, 7) is 5.82.